The molecule has 0 atom stereocenters. The normalized spacial score (nSPS) is 9.10. The second-order valence-corrected chi connectivity index (χ2v) is 1.83. The molecule has 58 valence electrons. The summed E-state index contributed by atoms with van der Waals surface area (Å²) in [4.78, 5) is 9.91. The van der Waals surface area contributed by atoms with Crippen LogP contribution in [0.1, 0.15) is 6.42 Å². The molecular weight excluding hydrogens is 164 g/mol. The monoisotopic (exact) mass is 176 g/mol. The Morgan fingerprint density at radius 2 is 1.70 bits per heavy atom. The van der Waals surface area contributed by atoms with Crippen LogP contribution in [-0.4, -0.2) is 72.2 Å². The van der Waals surface area contributed by atoms with E-state index >= 15 is 0 Å². The molecule has 3 N–H and O–H groups in total. The molecule has 0 saturated carbocycles. The number of carboxylic acids is 1. The van der Waals surface area contributed by atoms with Crippen LogP contribution in [0.5, 0.6) is 0 Å². The van der Waals surface area contributed by atoms with E-state index in [-0.39, 0.29) is 57.4 Å². The van der Waals surface area contributed by atoms with Crippen molar-refractivity contribution in [1.29, 1.82) is 0 Å². The summed E-state index contributed by atoms with van der Waals surface area (Å²) in [6, 6.07) is 0. The summed E-state index contributed by atoms with van der Waals surface area (Å²) in [6.07, 6.45) is -0.174. The van der Waals surface area contributed by atoms with Crippen LogP contribution in [0.25, 0.3) is 0 Å². The molecule has 5 heteroatoms. The zero-order chi connectivity index (χ0) is 7.28. The van der Waals surface area contributed by atoms with E-state index < -0.39 is 11.9 Å². The van der Waals surface area contributed by atoms with Gasteiger partial charge in [0.2, 0.25) is 0 Å². The van der Waals surface area contributed by atoms with Gasteiger partial charge < -0.3 is 15.3 Å². The van der Waals surface area contributed by atoms with Crippen molar-refractivity contribution in [1.82, 2.24) is 0 Å². The van der Waals surface area contributed by atoms with Crippen molar-refractivity contribution >= 4 is 43.7 Å². The molecule has 0 bridgehead atoms. The Labute approximate surface area is 88.9 Å². The number of aliphatic hydroxyl groups is 2. The van der Waals surface area contributed by atoms with Crippen LogP contribution in [0.4, 0.5) is 0 Å². The second kappa shape index (κ2) is 7.75. The quantitative estimate of drug-likeness (QED) is 0.439. The van der Waals surface area contributed by atoms with Crippen molar-refractivity contribution in [2.75, 3.05) is 13.2 Å². The molecule has 0 aromatic rings. The fourth-order valence-corrected chi connectivity index (χ4v) is 0.434. The standard InChI is InChI=1S/C5H10O4.Ca.2H/c6-2-4(3-7)1-5(8)9;;;/h4,6-7H,1-3H2,(H,8,9);;;. The summed E-state index contributed by atoms with van der Waals surface area (Å²) >= 11 is 0. The summed E-state index contributed by atoms with van der Waals surface area (Å²) in [7, 11) is 0. The Kier molecular flexibility index (Phi) is 10.3. The molecule has 0 saturated heterocycles. The van der Waals surface area contributed by atoms with Gasteiger partial charge in [-0.15, -0.1) is 0 Å². The van der Waals surface area contributed by atoms with Crippen molar-refractivity contribution in [3.05, 3.63) is 0 Å². The summed E-state index contributed by atoms with van der Waals surface area (Å²) in [5.74, 6) is -1.51. The number of hydrogen-bond donors (Lipinski definition) is 3. The third-order valence-electron chi connectivity index (χ3n) is 0.980. The molecule has 0 rings (SSSR count). The topological polar surface area (TPSA) is 77.8 Å². The van der Waals surface area contributed by atoms with Crippen LogP contribution in [-0.2, 0) is 4.79 Å². The molecule has 4 nitrogen and oxygen atoms in total. The Morgan fingerprint density at radius 1 is 1.30 bits per heavy atom. The summed E-state index contributed by atoms with van der Waals surface area (Å²) in [6.45, 7) is -0.550. The molecule has 0 aliphatic rings. The summed E-state index contributed by atoms with van der Waals surface area (Å²) < 4.78 is 0. The molecule has 0 spiro atoms. The first-order chi connectivity index (χ1) is 4.20. The zero-order valence-electron chi connectivity index (χ0n) is 4.95. The van der Waals surface area contributed by atoms with Crippen LogP contribution >= 0.6 is 0 Å². The van der Waals surface area contributed by atoms with Crippen LogP contribution < -0.4 is 0 Å². The van der Waals surface area contributed by atoms with Gasteiger partial charge >= 0.3 is 43.7 Å². The van der Waals surface area contributed by atoms with E-state index in [2.05, 4.69) is 0 Å². The van der Waals surface area contributed by atoms with E-state index in [4.69, 9.17) is 15.3 Å². The Hall–Kier alpha value is 0.650. The Morgan fingerprint density at radius 3 is 1.80 bits per heavy atom. The fraction of sp³-hybridized carbons (Fsp3) is 0.800. The molecule has 0 fully saturated rings. The summed E-state index contributed by atoms with van der Waals surface area (Å²) in [5.41, 5.74) is 0. The van der Waals surface area contributed by atoms with E-state index in [1.54, 1.807) is 0 Å². The van der Waals surface area contributed by atoms with Gasteiger partial charge in [-0.1, -0.05) is 0 Å². The van der Waals surface area contributed by atoms with E-state index in [9.17, 15) is 4.79 Å². The average Bonchev–Trinajstić information content (AvgIpc) is 1.82. The van der Waals surface area contributed by atoms with E-state index in [0.29, 0.717) is 0 Å². The number of hydrogen-bond acceptors (Lipinski definition) is 3. The van der Waals surface area contributed by atoms with E-state index in [0.717, 1.165) is 0 Å². The predicted octanol–water partition coefficient (Wildman–Crippen LogP) is -1.85. The maximum absolute atomic E-state index is 9.91. The van der Waals surface area contributed by atoms with Gasteiger partial charge in [-0.3, -0.25) is 4.79 Å². The number of aliphatic hydroxyl groups excluding tert-OH is 2. The van der Waals surface area contributed by atoms with Gasteiger partial charge in [0.05, 0.1) is 6.42 Å². The average molecular weight is 176 g/mol. The van der Waals surface area contributed by atoms with E-state index in [1.807, 2.05) is 0 Å². The van der Waals surface area contributed by atoms with Crippen LogP contribution in [0.3, 0.4) is 0 Å². The number of carbonyl (C=O) groups is 1. The third kappa shape index (κ3) is 6.77. The van der Waals surface area contributed by atoms with Crippen LogP contribution in [0.15, 0.2) is 0 Å². The molecule has 0 aliphatic carbocycles. The minimum absolute atomic E-state index is 0. The molecule has 0 unspecified atom stereocenters. The van der Waals surface area contributed by atoms with Gasteiger partial charge in [-0.2, -0.15) is 0 Å². The van der Waals surface area contributed by atoms with Gasteiger partial charge in [0.1, 0.15) is 0 Å². The number of aliphatic carboxylic acids is 1. The first-order valence-electron chi connectivity index (χ1n) is 2.64. The van der Waals surface area contributed by atoms with Crippen molar-refractivity contribution in [3.63, 3.8) is 0 Å². The molecule has 0 aliphatic heterocycles. The first-order valence-corrected chi connectivity index (χ1v) is 2.64. The van der Waals surface area contributed by atoms with Gasteiger partial charge in [0, 0.05) is 19.1 Å². The zero-order valence-corrected chi connectivity index (χ0v) is 4.95. The molecule has 0 aromatic heterocycles. The SMILES string of the molecule is O=C(O)CC(CO)CO.[CaH2]. The first kappa shape index (κ1) is 13.3. The molecule has 10 heavy (non-hydrogen) atoms. The molecule has 0 radical (unpaired) electrons. The number of carboxylic acid groups (broad SMARTS) is 1. The van der Waals surface area contributed by atoms with E-state index in [1.165, 1.54) is 0 Å². The predicted molar refractivity (Wildman–Crippen MR) is 38.5 cm³/mol. The van der Waals surface area contributed by atoms with Crippen molar-refractivity contribution in [2.45, 2.75) is 6.42 Å². The molecular formula is C5H12CaO4. The van der Waals surface area contributed by atoms with Gasteiger partial charge in [0.15, 0.2) is 0 Å². The van der Waals surface area contributed by atoms with Gasteiger partial charge in [-0.25, -0.2) is 0 Å². The Bertz CT molecular complexity index is 91.6. The number of rotatable bonds is 4. The van der Waals surface area contributed by atoms with Gasteiger partial charge in [-0.05, 0) is 0 Å². The molecule has 0 aromatic carbocycles. The molecule has 0 heterocycles. The fourth-order valence-electron chi connectivity index (χ4n) is 0.434. The van der Waals surface area contributed by atoms with Crippen LogP contribution in [0.2, 0.25) is 0 Å². The molecule has 0 amide bonds. The minimum atomic E-state index is -0.997. The van der Waals surface area contributed by atoms with Crippen molar-refractivity contribution in [2.24, 2.45) is 5.92 Å². The van der Waals surface area contributed by atoms with Gasteiger partial charge in [0.25, 0.3) is 0 Å². The van der Waals surface area contributed by atoms with Crippen LogP contribution in [0, 0.1) is 5.92 Å². The summed E-state index contributed by atoms with van der Waals surface area (Å²) in [5, 5.41) is 24.8. The second-order valence-electron chi connectivity index (χ2n) is 1.83. The Balaban J connectivity index is 0. The third-order valence-corrected chi connectivity index (χ3v) is 0.980. The maximum atomic E-state index is 9.91. The van der Waals surface area contributed by atoms with Crippen molar-refractivity contribution in [3.8, 4) is 0 Å². The van der Waals surface area contributed by atoms with Crippen molar-refractivity contribution < 1.29 is 20.1 Å².